The smallest absolute Gasteiger partial charge is 0.132 e. The van der Waals surface area contributed by atoms with Crippen LogP contribution in [0.5, 0.6) is 0 Å². The van der Waals surface area contributed by atoms with E-state index in [-0.39, 0.29) is 0 Å². The van der Waals surface area contributed by atoms with Gasteiger partial charge in [-0.2, -0.15) is 0 Å². The molecule has 0 radical (unpaired) electrons. The molecule has 1 aromatic heterocycles. The van der Waals surface area contributed by atoms with Crippen molar-refractivity contribution in [1.29, 1.82) is 0 Å². The molecule has 0 amide bonds. The van der Waals surface area contributed by atoms with Crippen LogP contribution in [0.1, 0.15) is 67.2 Å². The summed E-state index contributed by atoms with van der Waals surface area (Å²) in [6.45, 7) is 7.05. The highest BCUT2D eigenvalue weighted by Gasteiger charge is 2.40. The zero-order chi connectivity index (χ0) is 15.1. The summed E-state index contributed by atoms with van der Waals surface area (Å²) in [5, 5.41) is 0. The Balaban J connectivity index is 1.87. The van der Waals surface area contributed by atoms with Gasteiger partial charge in [0.25, 0.3) is 0 Å². The average molecular weight is 288 g/mol. The van der Waals surface area contributed by atoms with Crippen LogP contribution in [0, 0.1) is 13.8 Å². The summed E-state index contributed by atoms with van der Waals surface area (Å²) in [4.78, 5) is 12.3. The number of nitrogens with two attached hydrogens (primary N) is 1. The lowest BCUT2D eigenvalue weighted by molar-refractivity contribution is 0.158. The van der Waals surface area contributed by atoms with Crippen molar-refractivity contribution in [3.63, 3.8) is 0 Å². The number of hydrogen-bond donors (Lipinski definition) is 1. The van der Waals surface area contributed by atoms with Gasteiger partial charge in [0.05, 0.1) is 0 Å². The van der Waals surface area contributed by atoms with Crippen molar-refractivity contribution >= 4 is 0 Å². The molecular formula is C17H28N4. The Morgan fingerprint density at radius 2 is 1.67 bits per heavy atom. The highest BCUT2D eigenvalue weighted by Crippen LogP contribution is 2.41. The van der Waals surface area contributed by atoms with Crippen molar-refractivity contribution in [3.8, 4) is 0 Å². The quantitative estimate of drug-likeness (QED) is 0.928. The molecule has 116 valence electrons. The van der Waals surface area contributed by atoms with Gasteiger partial charge in [-0.15, -0.1) is 0 Å². The number of aryl methyl sites for hydroxylation is 2. The van der Waals surface area contributed by atoms with E-state index in [0.717, 1.165) is 29.3 Å². The van der Waals surface area contributed by atoms with Gasteiger partial charge >= 0.3 is 0 Å². The first-order valence-electron chi connectivity index (χ1n) is 8.28. The molecule has 2 N–H and O–H groups in total. The Kier molecular flexibility index (Phi) is 4.02. The molecule has 2 bridgehead atoms. The maximum absolute atomic E-state index is 5.82. The first-order chi connectivity index (χ1) is 10.0. The predicted molar refractivity (Wildman–Crippen MR) is 85.5 cm³/mol. The summed E-state index contributed by atoms with van der Waals surface area (Å²) in [6, 6.07) is 1.47. The van der Waals surface area contributed by atoms with Crippen LogP contribution in [0.2, 0.25) is 0 Å². The Bertz CT molecular complexity index is 491. The lowest BCUT2D eigenvalue weighted by Crippen LogP contribution is -2.39. The van der Waals surface area contributed by atoms with Gasteiger partial charge in [0, 0.05) is 29.4 Å². The van der Waals surface area contributed by atoms with Gasteiger partial charge in [0.1, 0.15) is 5.82 Å². The Hall–Kier alpha value is -1.00. The molecule has 21 heavy (non-hydrogen) atoms. The van der Waals surface area contributed by atoms with Gasteiger partial charge in [-0.1, -0.05) is 6.92 Å². The second kappa shape index (κ2) is 5.65. The van der Waals surface area contributed by atoms with Crippen LogP contribution in [-0.4, -0.2) is 40.5 Å². The molecule has 4 heteroatoms. The molecule has 3 heterocycles. The number of rotatable bonds is 3. The maximum atomic E-state index is 5.82. The monoisotopic (exact) mass is 288 g/mol. The van der Waals surface area contributed by atoms with Crippen LogP contribution in [0.25, 0.3) is 0 Å². The van der Waals surface area contributed by atoms with E-state index in [0.29, 0.717) is 18.4 Å². The van der Waals surface area contributed by atoms with Crippen molar-refractivity contribution in [2.24, 2.45) is 5.73 Å². The van der Waals surface area contributed by atoms with Crippen molar-refractivity contribution in [1.82, 2.24) is 14.9 Å². The summed E-state index contributed by atoms with van der Waals surface area (Å²) in [7, 11) is 2.28. The fourth-order valence-electron chi connectivity index (χ4n) is 4.39. The molecule has 2 saturated heterocycles. The minimum Gasteiger partial charge on any atom is -0.330 e. The van der Waals surface area contributed by atoms with Crippen LogP contribution in [0.3, 0.4) is 0 Å². The van der Waals surface area contributed by atoms with Crippen LogP contribution in [-0.2, 0) is 0 Å². The summed E-state index contributed by atoms with van der Waals surface area (Å²) in [5.74, 6) is 1.95. The van der Waals surface area contributed by atoms with Crippen molar-refractivity contribution in [2.45, 2.75) is 70.4 Å². The molecule has 2 aliphatic heterocycles. The van der Waals surface area contributed by atoms with E-state index in [1.54, 1.807) is 0 Å². The van der Waals surface area contributed by atoms with Gasteiger partial charge in [-0.3, -0.25) is 0 Å². The third-order valence-corrected chi connectivity index (χ3v) is 5.65. The van der Waals surface area contributed by atoms with E-state index in [2.05, 4.69) is 32.7 Å². The van der Waals surface area contributed by atoms with Gasteiger partial charge in [0.15, 0.2) is 0 Å². The molecule has 0 aliphatic carbocycles. The van der Waals surface area contributed by atoms with Gasteiger partial charge < -0.3 is 10.6 Å². The first kappa shape index (κ1) is 14.9. The minimum atomic E-state index is 0.340. The standard InChI is InChI=1S/C17H28N4/c1-10(9-18)16-11(2)19-17(20-12(16)3)13-7-14-5-6-15(8-13)21(14)4/h10,13-15H,5-9,18H2,1-4H3. The Morgan fingerprint density at radius 3 is 2.14 bits per heavy atom. The van der Waals surface area contributed by atoms with Gasteiger partial charge in [-0.25, -0.2) is 9.97 Å². The van der Waals surface area contributed by atoms with Crippen molar-refractivity contribution in [3.05, 3.63) is 22.8 Å². The number of piperidine rings is 1. The maximum Gasteiger partial charge on any atom is 0.132 e. The topological polar surface area (TPSA) is 55.0 Å². The van der Waals surface area contributed by atoms with E-state index in [9.17, 15) is 0 Å². The van der Waals surface area contributed by atoms with Crippen molar-refractivity contribution < 1.29 is 0 Å². The van der Waals surface area contributed by atoms with E-state index < -0.39 is 0 Å². The second-order valence-electron chi connectivity index (χ2n) is 7.02. The highest BCUT2D eigenvalue weighted by molar-refractivity contribution is 5.29. The Labute approximate surface area is 128 Å². The lowest BCUT2D eigenvalue weighted by Gasteiger charge is -2.35. The fourth-order valence-corrected chi connectivity index (χ4v) is 4.39. The zero-order valence-corrected chi connectivity index (χ0v) is 13.8. The minimum absolute atomic E-state index is 0.340. The lowest BCUT2D eigenvalue weighted by atomic mass is 9.89. The molecule has 0 aromatic carbocycles. The third kappa shape index (κ3) is 2.59. The summed E-state index contributed by atoms with van der Waals surface area (Å²) < 4.78 is 0. The first-order valence-corrected chi connectivity index (χ1v) is 8.28. The molecular weight excluding hydrogens is 260 g/mol. The number of fused-ring (bicyclic) bond motifs is 2. The SMILES string of the molecule is Cc1nc(C2CC3CCC(C2)N3C)nc(C)c1C(C)CN. The number of hydrogen-bond acceptors (Lipinski definition) is 4. The average Bonchev–Trinajstić information content (AvgIpc) is 2.67. The molecule has 2 fully saturated rings. The predicted octanol–water partition coefficient (Wildman–Crippen LogP) is 2.50. The van der Waals surface area contributed by atoms with Crippen LogP contribution in [0.4, 0.5) is 0 Å². The molecule has 3 rings (SSSR count). The summed E-state index contributed by atoms with van der Waals surface area (Å²) in [5.41, 5.74) is 9.32. The van der Waals surface area contributed by atoms with E-state index in [4.69, 9.17) is 15.7 Å². The highest BCUT2D eigenvalue weighted by atomic mass is 15.2. The summed E-state index contributed by atoms with van der Waals surface area (Å²) in [6.07, 6.45) is 5.13. The zero-order valence-electron chi connectivity index (χ0n) is 13.8. The molecule has 0 saturated carbocycles. The van der Waals surface area contributed by atoms with Crippen LogP contribution >= 0.6 is 0 Å². The molecule has 3 unspecified atom stereocenters. The van der Waals surface area contributed by atoms with E-state index in [1.165, 1.54) is 31.2 Å². The number of aromatic nitrogens is 2. The second-order valence-corrected chi connectivity index (χ2v) is 7.02. The fraction of sp³-hybridized carbons (Fsp3) is 0.765. The third-order valence-electron chi connectivity index (χ3n) is 5.65. The molecule has 4 nitrogen and oxygen atoms in total. The molecule has 3 atom stereocenters. The van der Waals surface area contributed by atoms with Crippen LogP contribution in [0.15, 0.2) is 0 Å². The van der Waals surface area contributed by atoms with Gasteiger partial charge in [0.2, 0.25) is 0 Å². The molecule has 1 aromatic rings. The summed E-state index contributed by atoms with van der Waals surface area (Å²) >= 11 is 0. The van der Waals surface area contributed by atoms with E-state index in [1.807, 2.05) is 0 Å². The van der Waals surface area contributed by atoms with E-state index >= 15 is 0 Å². The molecule has 0 spiro atoms. The molecule has 2 aliphatic rings. The van der Waals surface area contributed by atoms with Crippen LogP contribution < -0.4 is 5.73 Å². The normalized spacial score (nSPS) is 30.6. The largest absolute Gasteiger partial charge is 0.330 e. The van der Waals surface area contributed by atoms with Crippen molar-refractivity contribution in [2.75, 3.05) is 13.6 Å². The van der Waals surface area contributed by atoms with Gasteiger partial charge in [-0.05, 0) is 64.6 Å². The Morgan fingerprint density at radius 1 is 1.14 bits per heavy atom. The number of nitrogens with zero attached hydrogens (tertiary/aromatic N) is 3.